The van der Waals surface area contributed by atoms with Crippen molar-refractivity contribution in [3.8, 4) is 11.4 Å². The second kappa shape index (κ2) is 7.83. The number of rotatable bonds is 3. The minimum Gasteiger partial charge on any atom is -0.367 e. The van der Waals surface area contributed by atoms with E-state index in [4.69, 9.17) is 9.97 Å². The molecule has 2 aromatic carbocycles. The molecule has 3 nitrogen and oxygen atoms in total. The van der Waals surface area contributed by atoms with Gasteiger partial charge in [0.2, 0.25) is 0 Å². The Morgan fingerprint density at radius 2 is 1.72 bits per heavy atom. The van der Waals surface area contributed by atoms with Crippen LogP contribution in [-0.4, -0.2) is 16.0 Å². The SMILES string of the molecule is Cc1cccc(-c2nc(NC3CCCCC3)c3ccccc3n2)c1.Cl. The molecule has 1 heterocycles. The highest BCUT2D eigenvalue weighted by atomic mass is 35.5. The third-order valence-corrected chi connectivity index (χ3v) is 4.83. The van der Waals surface area contributed by atoms with E-state index in [1.165, 1.54) is 37.7 Å². The van der Waals surface area contributed by atoms with Gasteiger partial charge in [0.1, 0.15) is 5.82 Å². The summed E-state index contributed by atoms with van der Waals surface area (Å²) in [4.78, 5) is 9.67. The van der Waals surface area contributed by atoms with Gasteiger partial charge < -0.3 is 5.32 Å². The Labute approximate surface area is 155 Å². The molecule has 1 saturated carbocycles. The Kier molecular flexibility index (Phi) is 5.54. The van der Waals surface area contributed by atoms with E-state index in [1.54, 1.807) is 0 Å². The molecule has 1 aliphatic rings. The molecule has 1 fully saturated rings. The van der Waals surface area contributed by atoms with Gasteiger partial charge in [-0.1, -0.05) is 55.2 Å². The maximum absolute atomic E-state index is 4.88. The van der Waals surface area contributed by atoms with Crippen LogP contribution in [0.25, 0.3) is 22.3 Å². The maximum atomic E-state index is 4.88. The van der Waals surface area contributed by atoms with Gasteiger partial charge in [-0.3, -0.25) is 0 Å². The van der Waals surface area contributed by atoms with Crippen LogP contribution in [0.5, 0.6) is 0 Å². The third-order valence-electron chi connectivity index (χ3n) is 4.83. The zero-order valence-corrected chi connectivity index (χ0v) is 15.4. The summed E-state index contributed by atoms with van der Waals surface area (Å²) in [6, 6.07) is 17.2. The number of hydrogen-bond acceptors (Lipinski definition) is 3. The molecule has 3 aromatic rings. The van der Waals surface area contributed by atoms with Crippen LogP contribution in [0.1, 0.15) is 37.7 Å². The Hall–Kier alpha value is -2.13. The number of nitrogens with one attached hydrogen (secondary N) is 1. The summed E-state index contributed by atoms with van der Waals surface area (Å²) in [5, 5.41) is 4.81. The molecule has 1 aromatic heterocycles. The molecule has 1 aliphatic carbocycles. The molecule has 0 spiro atoms. The molecule has 0 unspecified atom stereocenters. The number of halogens is 1. The number of hydrogen-bond donors (Lipinski definition) is 1. The Balaban J connectivity index is 0.00000182. The quantitative estimate of drug-likeness (QED) is 0.649. The van der Waals surface area contributed by atoms with Crippen LogP contribution in [0.3, 0.4) is 0 Å². The first-order chi connectivity index (χ1) is 11.8. The van der Waals surface area contributed by atoms with Gasteiger partial charge in [0.05, 0.1) is 5.52 Å². The summed E-state index contributed by atoms with van der Waals surface area (Å²) in [6.07, 6.45) is 6.45. The van der Waals surface area contributed by atoms with E-state index < -0.39 is 0 Å². The molecule has 0 aliphatic heterocycles. The van der Waals surface area contributed by atoms with Crippen molar-refractivity contribution in [2.24, 2.45) is 0 Å². The third kappa shape index (κ3) is 3.93. The summed E-state index contributed by atoms with van der Waals surface area (Å²) in [5.74, 6) is 1.78. The molecule has 25 heavy (non-hydrogen) atoms. The minimum atomic E-state index is 0. The van der Waals surface area contributed by atoms with Gasteiger partial charge >= 0.3 is 0 Å². The zero-order chi connectivity index (χ0) is 16.4. The largest absolute Gasteiger partial charge is 0.367 e. The second-order valence-electron chi connectivity index (χ2n) is 6.76. The van der Waals surface area contributed by atoms with Gasteiger partial charge in [-0.15, -0.1) is 12.4 Å². The van der Waals surface area contributed by atoms with Crippen LogP contribution in [-0.2, 0) is 0 Å². The number of aryl methyl sites for hydroxylation is 1. The van der Waals surface area contributed by atoms with Crippen molar-refractivity contribution < 1.29 is 0 Å². The predicted molar refractivity (Wildman–Crippen MR) is 107 cm³/mol. The molecule has 4 rings (SSSR count). The average molecular weight is 354 g/mol. The molecular formula is C21H24ClN3. The first-order valence-corrected chi connectivity index (χ1v) is 8.90. The highest BCUT2D eigenvalue weighted by molar-refractivity contribution is 5.90. The normalized spacial score (nSPS) is 14.9. The molecule has 1 N–H and O–H groups in total. The van der Waals surface area contributed by atoms with Crippen molar-refractivity contribution in [1.29, 1.82) is 0 Å². The Morgan fingerprint density at radius 3 is 2.52 bits per heavy atom. The van der Waals surface area contributed by atoms with Crippen molar-refractivity contribution in [2.45, 2.75) is 45.1 Å². The van der Waals surface area contributed by atoms with Crippen LogP contribution in [0.15, 0.2) is 48.5 Å². The number of fused-ring (bicyclic) bond motifs is 1. The lowest BCUT2D eigenvalue weighted by atomic mass is 9.95. The molecular weight excluding hydrogens is 330 g/mol. The van der Waals surface area contributed by atoms with Gasteiger partial charge in [0, 0.05) is 17.0 Å². The molecule has 0 bridgehead atoms. The molecule has 130 valence electrons. The van der Waals surface area contributed by atoms with Gasteiger partial charge in [-0.2, -0.15) is 0 Å². The standard InChI is InChI=1S/C21H23N3.ClH/c1-15-8-7-9-16(14-15)20-23-19-13-6-5-12-18(19)21(24-20)22-17-10-3-2-4-11-17;/h5-9,12-14,17H,2-4,10-11H2,1H3,(H,22,23,24);1H. The molecule has 0 atom stereocenters. The maximum Gasteiger partial charge on any atom is 0.162 e. The fraction of sp³-hybridized carbons (Fsp3) is 0.333. The van der Waals surface area contributed by atoms with E-state index in [1.807, 2.05) is 6.07 Å². The lowest BCUT2D eigenvalue weighted by molar-refractivity contribution is 0.462. The molecule has 0 radical (unpaired) electrons. The van der Waals surface area contributed by atoms with E-state index >= 15 is 0 Å². The van der Waals surface area contributed by atoms with Gasteiger partial charge in [-0.05, 0) is 38.0 Å². The fourth-order valence-corrected chi connectivity index (χ4v) is 3.54. The number of aromatic nitrogens is 2. The summed E-state index contributed by atoms with van der Waals surface area (Å²) in [7, 11) is 0. The van der Waals surface area contributed by atoms with Gasteiger partial charge in [0.15, 0.2) is 5.82 Å². The summed E-state index contributed by atoms with van der Waals surface area (Å²) in [6.45, 7) is 2.10. The number of anilines is 1. The average Bonchev–Trinajstić information content (AvgIpc) is 2.62. The highest BCUT2D eigenvalue weighted by Crippen LogP contribution is 2.28. The topological polar surface area (TPSA) is 37.8 Å². The van der Waals surface area contributed by atoms with Crippen molar-refractivity contribution in [3.05, 3.63) is 54.1 Å². The number of para-hydroxylation sites is 1. The van der Waals surface area contributed by atoms with E-state index in [9.17, 15) is 0 Å². The molecule has 4 heteroatoms. The van der Waals surface area contributed by atoms with E-state index in [0.717, 1.165) is 28.1 Å². The van der Waals surface area contributed by atoms with Crippen molar-refractivity contribution in [3.63, 3.8) is 0 Å². The van der Waals surface area contributed by atoms with E-state index in [2.05, 4.69) is 54.7 Å². The number of nitrogens with zero attached hydrogens (tertiary/aromatic N) is 2. The zero-order valence-electron chi connectivity index (χ0n) is 14.5. The summed E-state index contributed by atoms with van der Waals surface area (Å²) >= 11 is 0. The number of benzene rings is 2. The first kappa shape index (κ1) is 17.7. The van der Waals surface area contributed by atoms with Crippen molar-refractivity contribution in [2.75, 3.05) is 5.32 Å². The Bertz CT molecular complexity index is 857. The van der Waals surface area contributed by atoms with Gasteiger partial charge in [-0.25, -0.2) is 9.97 Å². The van der Waals surface area contributed by atoms with Crippen LogP contribution in [0, 0.1) is 6.92 Å². The smallest absolute Gasteiger partial charge is 0.162 e. The fourth-order valence-electron chi connectivity index (χ4n) is 3.54. The first-order valence-electron chi connectivity index (χ1n) is 8.90. The highest BCUT2D eigenvalue weighted by Gasteiger charge is 2.16. The van der Waals surface area contributed by atoms with Crippen LogP contribution < -0.4 is 5.32 Å². The second-order valence-corrected chi connectivity index (χ2v) is 6.76. The molecule has 0 amide bonds. The monoisotopic (exact) mass is 353 g/mol. The van der Waals surface area contributed by atoms with Crippen molar-refractivity contribution >= 4 is 29.1 Å². The Morgan fingerprint density at radius 1 is 0.920 bits per heavy atom. The van der Waals surface area contributed by atoms with Crippen LogP contribution >= 0.6 is 12.4 Å². The van der Waals surface area contributed by atoms with Gasteiger partial charge in [0.25, 0.3) is 0 Å². The molecule has 0 saturated heterocycles. The van der Waals surface area contributed by atoms with E-state index in [0.29, 0.717) is 6.04 Å². The van der Waals surface area contributed by atoms with E-state index in [-0.39, 0.29) is 12.4 Å². The lowest BCUT2D eigenvalue weighted by Gasteiger charge is -2.24. The minimum absolute atomic E-state index is 0. The lowest BCUT2D eigenvalue weighted by Crippen LogP contribution is -2.23. The van der Waals surface area contributed by atoms with Crippen molar-refractivity contribution in [1.82, 2.24) is 9.97 Å². The summed E-state index contributed by atoms with van der Waals surface area (Å²) in [5.41, 5.74) is 3.31. The van der Waals surface area contributed by atoms with Crippen LogP contribution in [0.4, 0.5) is 5.82 Å². The predicted octanol–water partition coefficient (Wildman–Crippen LogP) is 5.77. The van der Waals surface area contributed by atoms with Crippen LogP contribution in [0.2, 0.25) is 0 Å². The summed E-state index contributed by atoms with van der Waals surface area (Å²) < 4.78 is 0.